The van der Waals surface area contributed by atoms with Crippen LogP contribution in [0.15, 0.2) is 9.42 Å². The average molecular weight is 455 g/mol. The number of nitrogens with zero attached hydrogens (tertiary/aromatic N) is 4. The summed E-state index contributed by atoms with van der Waals surface area (Å²) >= 11 is 0. The number of amides is 2. The van der Waals surface area contributed by atoms with Gasteiger partial charge in [0, 0.05) is 51.1 Å². The zero-order chi connectivity index (χ0) is 23.0. The summed E-state index contributed by atoms with van der Waals surface area (Å²) in [5.41, 5.74) is -0.0386. The van der Waals surface area contributed by atoms with Gasteiger partial charge >= 0.3 is 0 Å². The van der Waals surface area contributed by atoms with Crippen molar-refractivity contribution in [2.45, 2.75) is 58.8 Å². The fraction of sp³-hybridized carbons (Fsp3) is 0.762. The maximum absolute atomic E-state index is 12.9. The van der Waals surface area contributed by atoms with Crippen molar-refractivity contribution >= 4 is 21.8 Å². The molecule has 2 amide bonds. The van der Waals surface area contributed by atoms with Crippen LogP contribution in [0.1, 0.15) is 51.5 Å². The molecular weight excluding hydrogens is 420 g/mol. The third kappa shape index (κ3) is 5.11. The first-order chi connectivity index (χ1) is 14.4. The van der Waals surface area contributed by atoms with Crippen LogP contribution in [-0.2, 0) is 19.6 Å². The molecule has 2 aliphatic heterocycles. The van der Waals surface area contributed by atoms with Gasteiger partial charge in [0.2, 0.25) is 21.8 Å². The molecule has 9 nitrogen and oxygen atoms in total. The van der Waals surface area contributed by atoms with Crippen LogP contribution in [0, 0.1) is 25.2 Å². The lowest BCUT2D eigenvalue weighted by Gasteiger charge is -2.38. The monoisotopic (exact) mass is 454 g/mol. The largest absolute Gasteiger partial charge is 0.360 e. The fourth-order valence-corrected chi connectivity index (χ4v) is 6.10. The van der Waals surface area contributed by atoms with E-state index in [0.29, 0.717) is 70.0 Å². The zero-order valence-corrected chi connectivity index (χ0v) is 20.0. The predicted molar refractivity (Wildman–Crippen MR) is 115 cm³/mol. The van der Waals surface area contributed by atoms with Crippen molar-refractivity contribution in [1.82, 2.24) is 19.3 Å². The normalized spacial score (nSPS) is 19.6. The number of carbonyl (C=O) groups excluding carboxylic acids is 2. The second-order valence-corrected chi connectivity index (χ2v) is 11.5. The molecule has 2 saturated heterocycles. The van der Waals surface area contributed by atoms with Gasteiger partial charge in [0.05, 0.1) is 0 Å². The highest BCUT2D eigenvalue weighted by atomic mass is 32.2. The van der Waals surface area contributed by atoms with Crippen LogP contribution in [0.3, 0.4) is 0 Å². The standard InChI is InChI=1S/C21H34N4O5S/c1-15-19(16(2)30-22-15)31(28,29)25-8-6-17(7-9-25)14-18(26)23-10-12-24(13-11-23)20(27)21(3,4)5/h17H,6-14H2,1-5H3. The first-order valence-corrected chi connectivity index (χ1v) is 12.4. The summed E-state index contributed by atoms with van der Waals surface area (Å²) < 4.78 is 32.4. The molecule has 2 aliphatic rings. The molecule has 0 atom stereocenters. The summed E-state index contributed by atoms with van der Waals surface area (Å²) in [6.45, 7) is 12.0. The Morgan fingerprint density at radius 3 is 2.03 bits per heavy atom. The molecule has 10 heteroatoms. The van der Waals surface area contributed by atoms with E-state index in [1.165, 1.54) is 4.31 Å². The first kappa shape index (κ1) is 23.7. The van der Waals surface area contributed by atoms with Crippen molar-refractivity contribution in [1.29, 1.82) is 0 Å². The van der Waals surface area contributed by atoms with E-state index in [0.717, 1.165) is 0 Å². The van der Waals surface area contributed by atoms with Gasteiger partial charge in [-0.15, -0.1) is 0 Å². The minimum absolute atomic E-state index is 0.0925. The molecule has 1 aromatic heterocycles. The van der Waals surface area contributed by atoms with Crippen LogP contribution >= 0.6 is 0 Å². The topological polar surface area (TPSA) is 104 Å². The molecule has 174 valence electrons. The van der Waals surface area contributed by atoms with E-state index >= 15 is 0 Å². The molecule has 0 aliphatic carbocycles. The summed E-state index contributed by atoms with van der Waals surface area (Å²) in [6, 6.07) is 0. The van der Waals surface area contributed by atoms with E-state index in [1.807, 2.05) is 30.6 Å². The molecule has 0 radical (unpaired) electrons. The highest BCUT2D eigenvalue weighted by molar-refractivity contribution is 7.89. The number of hydrogen-bond acceptors (Lipinski definition) is 6. The van der Waals surface area contributed by atoms with E-state index < -0.39 is 15.4 Å². The van der Waals surface area contributed by atoms with Crippen LogP contribution in [-0.4, -0.2) is 78.8 Å². The highest BCUT2D eigenvalue weighted by Crippen LogP contribution is 2.29. The Kier molecular flexibility index (Phi) is 6.81. The molecule has 0 aromatic carbocycles. The smallest absolute Gasteiger partial charge is 0.248 e. The van der Waals surface area contributed by atoms with Crippen molar-refractivity contribution in [3.05, 3.63) is 11.5 Å². The van der Waals surface area contributed by atoms with Gasteiger partial charge in [0.15, 0.2) is 5.76 Å². The summed E-state index contributed by atoms with van der Waals surface area (Å²) in [5.74, 6) is 0.679. The number of piperazine rings is 1. The number of sulfonamides is 1. The Labute approximate surface area is 184 Å². The lowest BCUT2D eigenvalue weighted by atomic mass is 9.93. The molecule has 0 spiro atoms. The van der Waals surface area contributed by atoms with Crippen LogP contribution < -0.4 is 0 Å². The summed E-state index contributed by atoms with van der Waals surface area (Å²) in [5, 5.41) is 3.76. The summed E-state index contributed by atoms with van der Waals surface area (Å²) in [7, 11) is -3.63. The van der Waals surface area contributed by atoms with Crippen molar-refractivity contribution in [3.63, 3.8) is 0 Å². The van der Waals surface area contributed by atoms with Crippen LogP contribution in [0.4, 0.5) is 0 Å². The quantitative estimate of drug-likeness (QED) is 0.687. The zero-order valence-electron chi connectivity index (χ0n) is 19.2. The Balaban J connectivity index is 1.49. The molecule has 3 heterocycles. The molecule has 0 saturated carbocycles. The molecule has 2 fully saturated rings. The van der Waals surface area contributed by atoms with E-state index in [9.17, 15) is 18.0 Å². The number of aryl methyl sites for hydroxylation is 2. The van der Waals surface area contributed by atoms with E-state index in [2.05, 4.69) is 5.16 Å². The minimum atomic E-state index is -3.63. The molecule has 1 aromatic rings. The van der Waals surface area contributed by atoms with Crippen molar-refractivity contribution in [2.75, 3.05) is 39.3 Å². The van der Waals surface area contributed by atoms with E-state index in [1.54, 1.807) is 13.8 Å². The minimum Gasteiger partial charge on any atom is -0.360 e. The SMILES string of the molecule is Cc1noc(C)c1S(=O)(=O)N1CCC(CC(=O)N2CCN(C(=O)C(C)(C)C)CC2)CC1. The molecule has 3 rings (SSSR count). The van der Waals surface area contributed by atoms with Gasteiger partial charge in [0.25, 0.3) is 0 Å². The van der Waals surface area contributed by atoms with Gasteiger partial charge in [0.1, 0.15) is 10.6 Å². The van der Waals surface area contributed by atoms with Gasteiger partial charge in [-0.25, -0.2) is 8.42 Å². The Bertz CT molecular complexity index is 899. The lowest BCUT2D eigenvalue weighted by molar-refractivity contribution is -0.145. The lowest BCUT2D eigenvalue weighted by Crippen LogP contribution is -2.53. The maximum atomic E-state index is 12.9. The van der Waals surface area contributed by atoms with E-state index in [-0.39, 0.29) is 22.6 Å². The van der Waals surface area contributed by atoms with Crippen molar-refractivity contribution < 1.29 is 22.5 Å². The van der Waals surface area contributed by atoms with E-state index in [4.69, 9.17) is 4.52 Å². The van der Waals surface area contributed by atoms with Crippen LogP contribution in [0.5, 0.6) is 0 Å². The predicted octanol–water partition coefficient (Wildman–Crippen LogP) is 1.80. The molecular formula is C21H34N4O5S. The highest BCUT2D eigenvalue weighted by Gasteiger charge is 2.35. The second kappa shape index (κ2) is 8.90. The number of rotatable bonds is 4. The Morgan fingerprint density at radius 2 is 1.55 bits per heavy atom. The van der Waals surface area contributed by atoms with Crippen molar-refractivity contribution in [2.24, 2.45) is 11.3 Å². The molecule has 0 unspecified atom stereocenters. The van der Waals surface area contributed by atoms with Gasteiger partial charge < -0.3 is 14.3 Å². The van der Waals surface area contributed by atoms with Crippen LogP contribution in [0.2, 0.25) is 0 Å². The van der Waals surface area contributed by atoms with Gasteiger partial charge in [-0.05, 0) is 32.6 Å². The third-order valence-electron chi connectivity index (χ3n) is 6.16. The van der Waals surface area contributed by atoms with Gasteiger partial charge in [-0.2, -0.15) is 4.31 Å². The number of carbonyl (C=O) groups is 2. The number of hydrogen-bond donors (Lipinski definition) is 0. The first-order valence-electron chi connectivity index (χ1n) is 10.9. The number of aromatic nitrogens is 1. The van der Waals surface area contributed by atoms with Gasteiger partial charge in [-0.1, -0.05) is 25.9 Å². The average Bonchev–Trinajstić information content (AvgIpc) is 3.06. The summed E-state index contributed by atoms with van der Waals surface area (Å²) in [6.07, 6.45) is 1.72. The fourth-order valence-electron chi connectivity index (χ4n) is 4.34. The maximum Gasteiger partial charge on any atom is 0.248 e. The number of piperidine rings is 1. The second-order valence-electron chi connectivity index (χ2n) is 9.63. The molecule has 0 bridgehead atoms. The Morgan fingerprint density at radius 1 is 1.00 bits per heavy atom. The third-order valence-corrected chi connectivity index (χ3v) is 8.31. The molecule has 31 heavy (non-hydrogen) atoms. The van der Waals surface area contributed by atoms with Crippen LogP contribution in [0.25, 0.3) is 0 Å². The van der Waals surface area contributed by atoms with Crippen molar-refractivity contribution in [3.8, 4) is 0 Å². The van der Waals surface area contributed by atoms with Gasteiger partial charge in [-0.3, -0.25) is 9.59 Å². The molecule has 0 N–H and O–H groups in total. The Hall–Kier alpha value is -1.94. The summed E-state index contributed by atoms with van der Waals surface area (Å²) in [4.78, 5) is 29.0.